The number of rotatable bonds is 14. The Hall–Kier alpha value is -2.20. The zero-order valence-corrected chi connectivity index (χ0v) is 20.6. The molecule has 33 heavy (non-hydrogen) atoms. The number of ether oxygens (including phenoxy) is 5. The average molecular weight is 475 g/mol. The Morgan fingerprint density at radius 2 is 1.21 bits per heavy atom. The highest BCUT2D eigenvalue weighted by Gasteiger charge is 2.49. The minimum atomic E-state index is -1.27. The van der Waals surface area contributed by atoms with Crippen molar-refractivity contribution >= 4 is 23.9 Å². The number of nitrogens with one attached hydrogen (secondary N) is 1. The first-order valence-corrected chi connectivity index (χ1v) is 11.9. The normalized spacial score (nSPS) is 22.5. The van der Waals surface area contributed by atoms with Crippen molar-refractivity contribution in [3.8, 4) is 0 Å². The van der Waals surface area contributed by atoms with E-state index in [9.17, 15) is 19.2 Å². The molecule has 1 heterocycles. The summed E-state index contributed by atoms with van der Waals surface area (Å²) in [6.45, 7) is 6.09. The highest BCUT2D eigenvalue weighted by molar-refractivity contribution is 5.72. The fraction of sp³-hybridized carbons (Fsp3) is 0.826. The number of esters is 4. The largest absolute Gasteiger partial charge is 0.456 e. The van der Waals surface area contributed by atoms with Crippen LogP contribution in [0.1, 0.15) is 72.1 Å². The van der Waals surface area contributed by atoms with Crippen molar-refractivity contribution in [1.29, 1.82) is 0 Å². The predicted octanol–water partition coefficient (Wildman–Crippen LogP) is 0.946. The van der Waals surface area contributed by atoms with Crippen molar-refractivity contribution in [3.05, 3.63) is 0 Å². The number of hydrogen-bond acceptors (Lipinski definition) is 9. The van der Waals surface area contributed by atoms with Crippen LogP contribution >= 0.6 is 0 Å². The molecule has 4 unspecified atom stereocenters. The van der Waals surface area contributed by atoms with Gasteiger partial charge in [-0.1, -0.05) is 20.8 Å². The molecule has 10 heteroatoms. The van der Waals surface area contributed by atoms with E-state index in [1.54, 1.807) is 0 Å². The lowest BCUT2D eigenvalue weighted by Gasteiger charge is -2.40. The van der Waals surface area contributed by atoms with Gasteiger partial charge in [-0.15, -0.1) is 0 Å². The zero-order chi connectivity index (χ0) is 24.8. The Balaban J connectivity index is 3.07. The highest BCUT2D eigenvalue weighted by atomic mass is 16.7. The SMILES string of the molecule is CCCC(=O)OC1COC(OC(=O)CCC[NH+](C)C)C(OC(=O)CCC)C1OC(=O)CCC. The Morgan fingerprint density at radius 1 is 0.727 bits per heavy atom. The standard InChI is InChI=1S/C23H39NO9/c1-6-10-17(25)30-16-15-29-23(33-20(28)13-9-14-24(4)5)22(32-19(27)12-8-3)21(16)31-18(26)11-7-2/h16,21-23H,6-15H2,1-5H3/p+1. The van der Waals surface area contributed by atoms with Crippen LogP contribution in [0, 0.1) is 0 Å². The first-order chi connectivity index (χ1) is 15.7. The highest BCUT2D eigenvalue weighted by Crippen LogP contribution is 2.26. The smallest absolute Gasteiger partial charge is 0.308 e. The second-order valence-electron chi connectivity index (χ2n) is 8.44. The van der Waals surface area contributed by atoms with Gasteiger partial charge in [0.15, 0.2) is 12.2 Å². The molecule has 190 valence electrons. The van der Waals surface area contributed by atoms with Crippen LogP contribution in [-0.2, 0) is 42.9 Å². The van der Waals surface area contributed by atoms with Gasteiger partial charge in [-0.25, -0.2) is 0 Å². The van der Waals surface area contributed by atoms with E-state index in [1.807, 2.05) is 34.9 Å². The maximum atomic E-state index is 12.4. The molecule has 0 bridgehead atoms. The van der Waals surface area contributed by atoms with Crippen molar-refractivity contribution < 1.29 is 47.8 Å². The molecule has 0 radical (unpaired) electrons. The fourth-order valence-electron chi connectivity index (χ4n) is 3.25. The predicted molar refractivity (Wildman–Crippen MR) is 117 cm³/mol. The Morgan fingerprint density at radius 3 is 1.73 bits per heavy atom. The van der Waals surface area contributed by atoms with Gasteiger partial charge in [0.25, 0.3) is 0 Å². The molecule has 0 spiro atoms. The van der Waals surface area contributed by atoms with E-state index in [0.29, 0.717) is 25.7 Å². The van der Waals surface area contributed by atoms with Crippen molar-refractivity contribution in [2.45, 2.75) is 96.7 Å². The quantitative estimate of drug-likeness (QED) is 0.290. The Kier molecular flexibility index (Phi) is 13.6. The van der Waals surface area contributed by atoms with E-state index in [1.165, 1.54) is 4.90 Å². The molecule has 0 aromatic carbocycles. The molecule has 1 saturated heterocycles. The molecule has 10 nitrogen and oxygen atoms in total. The molecule has 1 aliphatic heterocycles. The van der Waals surface area contributed by atoms with Crippen molar-refractivity contribution in [1.82, 2.24) is 0 Å². The molecule has 0 aromatic heterocycles. The minimum Gasteiger partial charge on any atom is -0.456 e. The summed E-state index contributed by atoms with van der Waals surface area (Å²) in [5, 5.41) is 0. The summed E-state index contributed by atoms with van der Waals surface area (Å²) >= 11 is 0. The molecular weight excluding hydrogens is 434 g/mol. The van der Waals surface area contributed by atoms with E-state index >= 15 is 0 Å². The number of carbonyl (C=O) groups excluding carboxylic acids is 4. The van der Waals surface area contributed by atoms with Crippen LogP contribution in [0.2, 0.25) is 0 Å². The second-order valence-corrected chi connectivity index (χ2v) is 8.44. The molecule has 1 aliphatic rings. The van der Waals surface area contributed by atoms with Crippen LogP contribution in [-0.4, -0.2) is 75.7 Å². The van der Waals surface area contributed by atoms with Gasteiger partial charge in [-0.3, -0.25) is 19.2 Å². The van der Waals surface area contributed by atoms with Gasteiger partial charge >= 0.3 is 23.9 Å². The summed E-state index contributed by atoms with van der Waals surface area (Å²) in [6.07, 6.45) is -1.77. The lowest BCUT2D eigenvalue weighted by molar-refractivity contribution is -0.858. The number of hydrogen-bond donors (Lipinski definition) is 1. The number of carbonyl (C=O) groups is 4. The number of quaternary nitrogens is 1. The van der Waals surface area contributed by atoms with Crippen molar-refractivity contribution in [2.24, 2.45) is 0 Å². The average Bonchev–Trinajstić information content (AvgIpc) is 2.72. The van der Waals surface area contributed by atoms with E-state index in [-0.39, 0.29) is 32.3 Å². The van der Waals surface area contributed by atoms with Gasteiger partial charge in [-0.05, 0) is 19.3 Å². The van der Waals surface area contributed by atoms with E-state index < -0.39 is 48.5 Å². The van der Waals surface area contributed by atoms with Gasteiger partial charge in [0, 0.05) is 25.7 Å². The topological polar surface area (TPSA) is 119 Å². The van der Waals surface area contributed by atoms with Gasteiger partial charge in [-0.2, -0.15) is 0 Å². The molecule has 0 aliphatic carbocycles. The van der Waals surface area contributed by atoms with E-state index in [0.717, 1.165) is 6.54 Å². The third-order valence-electron chi connectivity index (χ3n) is 4.87. The molecular formula is C23H40NO9+. The van der Waals surface area contributed by atoms with Gasteiger partial charge in [0.05, 0.1) is 33.7 Å². The maximum absolute atomic E-state index is 12.4. The second kappa shape index (κ2) is 15.6. The van der Waals surface area contributed by atoms with Crippen LogP contribution in [0.25, 0.3) is 0 Å². The van der Waals surface area contributed by atoms with Crippen LogP contribution in [0.4, 0.5) is 0 Å². The zero-order valence-electron chi connectivity index (χ0n) is 20.6. The fourth-order valence-corrected chi connectivity index (χ4v) is 3.25. The first-order valence-electron chi connectivity index (χ1n) is 11.9. The summed E-state index contributed by atoms with van der Waals surface area (Å²) in [6, 6.07) is 0. The van der Waals surface area contributed by atoms with Crippen molar-refractivity contribution in [3.63, 3.8) is 0 Å². The first kappa shape index (κ1) is 28.8. The summed E-state index contributed by atoms with van der Waals surface area (Å²) < 4.78 is 27.7. The molecule has 1 N–H and O–H groups in total. The molecule has 4 atom stereocenters. The molecule has 1 fully saturated rings. The maximum Gasteiger partial charge on any atom is 0.308 e. The summed E-state index contributed by atoms with van der Waals surface area (Å²) in [5.74, 6) is -2.09. The van der Waals surface area contributed by atoms with Crippen LogP contribution < -0.4 is 4.90 Å². The summed E-state index contributed by atoms with van der Waals surface area (Å²) in [4.78, 5) is 50.3. The van der Waals surface area contributed by atoms with Gasteiger partial charge in [0.2, 0.25) is 12.4 Å². The monoisotopic (exact) mass is 474 g/mol. The lowest BCUT2D eigenvalue weighted by Crippen LogP contribution is -3.05. The molecule has 0 aromatic rings. The lowest BCUT2D eigenvalue weighted by atomic mass is 10.0. The Bertz CT molecular complexity index is 637. The third-order valence-corrected chi connectivity index (χ3v) is 4.87. The molecule has 0 saturated carbocycles. The van der Waals surface area contributed by atoms with E-state index in [4.69, 9.17) is 23.7 Å². The van der Waals surface area contributed by atoms with Crippen LogP contribution in [0.15, 0.2) is 0 Å². The van der Waals surface area contributed by atoms with Gasteiger partial charge in [0.1, 0.15) is 0 Å². The third kappa shape index (κ3) is 11.0. The van der Waals surface area contributed by atoms with Gasteiger partial charge < -0.3 is 28.6 Å². The summed E-state index contributed by atoms with van der Waals surface area (Å²) in [5.41, 5.74) is 0. The summed E-state index contributed by atoms with van der Waals surface area (Å²) in [7, 11) is 3.96. The minimum absolute atomic E-state index is 0.124. The van der Waals surface area contributed by atoms with Crippen LogP contribution in [0.3, 0.4) is 0 Å². The Labute approximate surface area is 196 Å². The van der Waals surface area contributed by atoms with E-state index in [2.05, 4.69) is 0 Å². The molecule has 0 amide bonds. The molecule has 1 rings (SSSR count). The van der Waals surface area contributed by atoms with Crippen molar-refractivity contribution in [2.75, 3.05) is 27.2 Å². The van der Waals surface area contributed by atoms with Crippen LogP contribution in [0.5, 0.6) is 0 Å².